The van der Waals surface area contributed by atoms with Crippen molar-refractivity contribution in [2.45, 2.75) is 33.1 Å². The summed E-state index contributed by atoms with van der Waals surface area (Å²) in [4.78, 5) is 17.1. The Labute approximate surface area is 180 Å². The molecule has 2 aromatic rings. The van der Waals surface area contributed by atoms with E-state index in [1.165, 1.54) is 22.4 Å². The molecule has 0 bridgehead atoms. The van der Waals surface area contributed by atoms with Crippen molar-refractivity contribution < 1.29 is 4.79 Å². The van der Waals surface area contributed by atoms with Gasteiger partial charge in [0.15, 0.2) is 0 Å². The lowest BCUT2D eigenvalue weighted by molar-refractivity contribution is -0.129. The number of aryl methyl sites for hydroxylation is 3. The van der Waals surface area contributed by atoms with Crippen LogP contribution in [0.5, 0.6) is 0 Å². The minimum atomic E-state index is -0.283. The van der Waals surface area contributed by atoms with Crippen molar-refractivity contribution >= 4 is 35.0 Å². The molecule has 6 heteroatoms. The molecular weight excluding hydrogens is 402 g/mol. The Balaban J connectivity index is 1.71. The van der Waals surface area contributed by atoms with Gasteiger partial charge in [-0.2, -0.15) is 5.26 Å². The first-order chi connectivity index (χ1) is 13.9. The molecule has 29 heavy (non-hydrogen) atoms. The van der Waals surface area contributed by atoms with Crippen LogP contribution < -0.4 is 4.90 Å². The highest BCUT2D eigenvalue weighted by atomic mass is 35.5. The molecule has 0 aromatic heterocycles. The Morgan fingerprint density at radius 2 is 1.86 bits per heavy atom. The molecule has 1 unspecified atom stereocenters. The molecule has 0 saturated carbocycles. The fourth-order valence-corrected chi connectivity index (χ4v) is 5.81. The highest BCUT2D eigenvalue weighted by Crippen LogP contribution is 2.45. The molecule has 0 aliphatic carbocycles. The summed E-state index contributed by atoms with van der Waals surface area (Å²) in [6, 6.07) is 14.2. The number of carbonyl (C=O) groups excluding carboxylic acids is 1. The van der Waals surface area contributed by atoms with Crippen LogP contribution in [0.4, 0.5) is 5.69 Å². The Morgan fingerprint density at radius 3 is 2.52 bits per heavy atom. The lowest BCUT2D eigenvalue weighted by atomic mass is 9.86. The van der Waals surface area contributed by atoms with E-state index in [9.17, 15) is 10.1 Å². The van der Waals surface area contributed by atoms with Crippen LogP contribution in [0, 0.1) is 32.1 Å². The predicted octanol–water partition coefficient (Wildman–Crippen LogP) is 5.48. The summed E-state index contributed by atoms with van der Waals surface area (Å²) in [5.74, 6) is 0.447. The first-order valence-electron chi connectivity index (χ1n) is 9.55. The highest BCUT2D eigenvalue weighted by Gasteiger charge is 2.39. The van der Waals surface area contributed by atoms with Crippen LogP contribution in [0.3, 0.4) is 0 Å². The van der Waals surface area contributed by atoms with Gasteiger partial charge in [0, 0.05) is 23.0 Å². The average molecular weight is 424 g/mol. The Morgan fingerprint density at radius 1 is 1.17 bits per heavy atom. The summed E-state index contributed by atoms with van der Waals surface area (Å²) >= 11 is 7.94. The van der Waals surface area contributed by atoms with Crippen molar-refractivity contribution in [3.05, 3.63) is 74.3 Å². The van der Waals surface area contributed by atoms with Gasteiger partial charge in [-0.15, -0.1) is 0 Å². The Kier molecular flexibility index (Phi) is 5.33. The third-order valence-corrected chi connectivity index (χ3v) is 7.02. The van der Waals surface area contributed by atoms with Gasteiger partial charge >= 0.3 is 0 Å². The van der Waals surface area contributed by atoms with Crippen LogP contribution in [0.25, 0.3) is 0 Å². The van der Waals surface area contributed by atoms with Gasteiger partial charge in [-0.25, -0.2) is 0 Å². The number of amides is 1. The number of rotatable bonds is 2. The minimum Gasteiger partial charge on any atom is -0.343 e. The monoisotopic (exact) mass is 423 g/mol. The number of allylic oxidation sites excluding steroid dienone is 1. The smallest absolute Gasteiger partial charge is 0.229 e. The number of fused-ring (bicyclic) bond motifs is 1. The second-order valence-corrected chi connectivity index (χ2v) is 8.97. The number of carbonyl (C=O) groups is 1. The zero-order valence-electron chi connectivity index (χ0n) is 16.7. The number of nitrogens with zero attached hydrogens (tertiary/aromatic N) is 3. The van der Waals surface area contributed by atoms with Crippen molar-refractivity contribution in [3.8, 4) is 6.07 Å². The molecule has 4 nitrogen and oxygen atoms in total. The van der Waals surface area contributed by atoms with Gasteiger partial charge in [0.1, 0.15) is 0 Å². The largest absolute Gasteiger partial charge is 0.343 e. The highest BCUT2D eigenvalue weighted by molar-refractivity contribution is 8.03. The topological polar surface area (TPSA) is 47.3 Å². The Bertz CT molecular complexity index is 1050. The summed E-state index contributed by atoms with van der Waals surface area (Å²) in [6.45, 7) is 6.78. The van der Waals surface area contributed by atoms with Crippen LogP contribution in [0.2, 0.25) is 5.02 Å². The molecule has 1 saturated heterocycles. The summed E-state index contributed by atoms with van der Waals surface area (Å²) in [5, 5.41) is 11.3. The van der Waals surface area contributed by atoms with Crippen molar-refractivity contribution in [2.75, 3.05) is 17.4 Å². The zero-order valence-corrected chi connectivity index (χ0v) is 18.3. The standard InChI is InChI=1S/C23H22ClN3OS/c1-14-8-15(2)22(16(3)9-14)26-12-27-21(28)10-18(17-6-4-5-7-20(17)24)19(11-25)23(27)29-13-26/h4-9,18H,10,12-13H2,1-3H3. The SMILES string of the molecule is Cc1cc(C)c(N2CSC3=C(C#N)C(c4ccccc4Cl)CC(=O)N3C2)c(C)c1. The molecule has 4 rings (SSSR count). The van der Waals surface area contributed by atoms with Gasteiger partial charge in [0.2, 0.25) is 5.91 Å². The maximum atomic E-state index is 13.1. The second kappa shape index (κ2) is 7.78. The minimum absolute atomic E-state index is 0.0311. The summed E-state index contributed by atoms with van der Waals surface area (Å²) < 4.78 is 0. The molecule has 2 aliphatic heterocycles. The fourth-order valence-electron chi connectivity index (χ4n) is 4.40. The van der Waals surface area contributed by atoms with Crippen LogP contribution in [-0.2, 0) is 4.79 Å². The van der Waals surface area contributed by atoms with Crippen LogP contribution >= 0.6 is 23.4 Å². The molecule has 2 aromatic carbocycles. The Hall–Kier alpha value is -2.42. The normalized spacial score (nSPS) is 19.3. The number of anilines is 1. The third kappa shape index (κ3) is 3.52. The number of hydrogen-bond acceptors (Lipinski definition) is 4. The number of hydrogen-bond donors (Lipinski definition) is 0. The van der Waals surface area contributed by atoms with E-state index in [1.807, 2.05) is 24.3 Å². The molecule has 1 fully saturated rings. The van der Waals surface area contributed by atoms with E-state index in [2.05, 4.69) is 43.9 Å². The van der Waals surface area contributed by atoms with Gasteiger partial charge < -0.3 is 4.90 Å². The van der Waals surface area contributed by atoms with Crippen molar-refractivity contribution in [3.63, 3.8) is 0 Å². The lowest BCUT2D eigenvalue weighted by Gasteiger charge is -2.43. The molecule has 0 spiro atoms. The number of benzene rings is 2. The molecule has 1 atom stereocenters. The third-order valence-electron chi connectivity index (χ3n) is 5.53. The first kappa shape index (κ1) is 19.9. The van der Waals surface area contributed by atoms with E-state index in [0.29, 0.717) is 23.1 Å². The molecule has 2 heterocycles. The van der Waals surface area contributed by atoms with Crippen molar-refractivity contribution in [2.24, 2.45) is 0 Å². The van der Waals surface area contributed by atoms with Crippen LogP contribution in [0.15, 0.2) is 47.0 Å². The van der Waals surface area contributed by atoms with Crippen molar-refractivity contribution in [1.82, 2.24) is 4.90 Å². The quantitative estimate of drug-likeness (QED) is 0.641. The van der Waals surface area contributed by atoms with Crippen LogP contribution in [0.1, 0.15) is 34.6 Å². The van der Waals surface area contributed by atoms with Gasteiger partial charge in [-0.3, -0.25) is 9.69 Å². The summed E-state index contributed by atoms with van der Waals surface area (Å²) in [5.41, 5.74) is 6.29. The van der Waals surface area contributed by atoms with Gasteiger partial charge in [-0.1, -0.05) is 59.3 Å². The van der Waals surface area contributed by atoms with E-state index >= 15 is 0 Å². The van der Waals surface area contributed by atoms with Gasteiger partial charge in [0.25, 0.3) is 0 Å². The lowest BCUT2D eigenvalue weighted by Crippen LogP contribution is -2.47. The molecular formula is C23H22ClN3OS. The zero-order chi connectivity index (χ0) is 20.7. The number of thioether (sulfide) groups is 1. The van der Waals surface area contributed by atoms with E-state index in [4.69, 9.17) is 11.6 Å². The first-order valence-corrected chi connectivity index (χ1v) is 10.9. The predicted molar refractivity (Wildman–Crippen MR) is 119 cm³/mol. The fraction of sp³-hybridized carbons (Fsp3) is 0.304. The average Bonchev–Trinajstić information content (AvgIpc) is 2.68. The van der Waals surface area contributed by atoms with Gasteiger partial charge in [0.05, 0.1) is 29.2 Å². The maximum Gasteiger partial charge on any atom is 0.229 e. The maximum absolute atomic E-state index is 13.1. The van der Waals surface area contributed by atoms with E-state index in [-0.39, 0.29) is 18.2 Å². The van der Waals surface area contributed by atoms with E-state index in [0.717, 1.165) is 10.6 Å². The van der Waals surface area contributed by atoms with E-state index < -0.39 is 0 Å². The molecule has 1 amide bonds. The van der Waals surface area contributed by atoms with Crippen LogP contribution in [-0.4, -0.2) is 23.4 Å². The number of halogens is 1. The summed E-state index contributed by atoms with van der Waals surface area (Å²) in [7, 11) is 0. The second-order valence-electron chi connectivity index (χ2n) is 7.63. The molecule has 0 N–H and O–H groups in total. The molecule has 2 aliphatic rings. The summed E-state index contributed by atoms with van der Waals surface area (Å²) in [6.07, 6.45) is 0.260. The van der Waals surface area contributed by atoms with Crippen molar-refractivity contribution in [1.29, 1.82) is 5.26 Å². The molecule has 148 valence electrons. The van der Waals surface area contributed by atoms with Gasteiger partial charge in [-0.05, 0) is 43.5 Å². The van der Waals surface area contributed by atoms with E-state index in [1.54, 1.807) is 16.7 Å². The number of nitriles is 1. The molecule has 0 radical (unpaired) electrons.